The van der Waals surface area contributed by atoms with Crippen LogP contribution in [0.15, 0.2) is 0 Å². The molecule has 4 N–H and O–H groups in total. The van der Waals surface area contributed by atoms with Gasteiger partial charge < -0.3 is 21.1 Å². The predicted octanol–water partition coefficient (Wildman–Crippen LogP) is 4.20. The summed E-state index contributed by atoms with van der Waals surface area (Å²) in [4.78, 5) is 34.3. The van der Waals surface area contributed by atoms with Gasteiger partial charge >= 0.3 is 12.0 Å². The van der Waals surface area contributed by atoms with E-state index in [4.69, 9.17) is 5.11 Å². The Morgan fingerprint density at radius 3 is 2.26 bits per heavy atom. The molecule has 31 heavy (non-hydrogen) atoms. The average molecular weight is 456 g/mol. The van der Waals surface area contributed by atoms with Crippen LogP contribution in [-0.2, 0) is 9.59 Å². The van der Waals surface area contributed by atoms with Crippen molar-refractivity contribution in [1.82, 2.24) is 16.0 Å². The third kappa shape index (κ3) is 7.88. The number of carboxylic acid groups (broad SMARTS) is 1. The van der Waals surface area contributed by atoms with Crippen molar-refractivity contribution < 1.29 is 19.5 Å². The first-order valence-electron chi connectivity index (χ1n) is 12.0. The lowest BCUT2D eigenvalue weighted by Gasteiger charge is -2.35. The lowest BCUT2D eigenvalue weighted by Crippen LogP contribution is -2.58. The molecule has 7 nitrogen and oxygen atoms in total. The van der Waals surface area contributed by atoms with Gasteiger partial charge in [-0.1, -0.05) is 44.9 Å². The normalized spacial score (nSPS) is 26.9. The first-order valence-corrected chi connectivity index (χ1v) is 13.0. The summed E-state index contributed by atoms with van der Waals surface area (Å²) in [5, 5.41) is 18.2. The van der Waals surface area contributed by atoms with Crippen LogP contribution in [0.3, 0.4) is 0 Å². The Bertz CT molecular complexity index is 618. The number of amides is 3. The molecule has 0 radical (unpaired) electrons. The van der Waals surface area contributed by atoms with Gasteiger partial charge in [0.25, 0.3) is 0 Å². The predicted molar refractivity (Wildman–Crippen MR) is 125 cm³/mol. The van der Waals surface area contributed by atoms with Crippen molar-refractivity contribution in [3.63, 3.8) is 0 Å². The summed E-state index contributed by atoms with van der Waals surface area (Å²) in [7, 11) is 0. The molecule has 2 aliphatic heterocycles. The fourth-order valence-electron chi connectivity index (χ4n) is 4.61. The van der Waals surface area contributed by atoms with E-state index in [1.807, 2.05) is 11.8 Å². The Labute approximate surface area is 191 Å². The second-order valence-electron chi connectivity index (χ2n) is 9.48. The molecule has 0 bridgehead atoms. The van der Waals surface area contributed by atoms with Gasteiger partial charge in [0, 0.05) is 30.4 Å². The minimum Gasteiger partial charge on any atom is -0.481 e. The van der Waals surface area contributed by atoms with Crippen molar-refractivity contribution >= 4 is 29.7 Å². The Morgan fingerprint density at radius 1 is 0.968 bits per heavy atom. The number of carbonyl (C=O) groups is 3. The van der Waals surface area contributed by atoms with Crippen molar-refractivity contribution in [3.05, 3.63) is 0 Å². The van der Waals surface area contributed by atoms with Gasteiger partial charge in [0.2, 0.25) is 5.91 Å². The zero-order valence-corrected chi connectivity index (χ0v) is 20.1. The highest BCUT2D eigenvalue weighted by Gasteiger charge is 2.60. The van der Waals surface area contributed by atoms with Crippen LogP contribution in [0.1, 0.15) is 97.3 Å². The molecular weight excluding hydrogens is 414 g/mol. The van der Waals surface area contributed by atoms with Gasteiger partial charge in [-0.3, -0.25) is 9.59 Å². The van der Waals surface area contributed by atoms with Crippen LogP contribution < -0.4 is 16.0 Å². The number of hydrogen-bond acceptors (Lipinski definition) is 4. The number of carboxylic acids is 1. The summed E-state index contributed by atoms with van der Waals surface area (Å²) in [5.41, 5.74) is -0.396. The smallest absolute Gasteiger partial charge is 0.315 e. The molecular formula is C23H41N3O4S. The summed E-state index contributed by atoms with van der Waals surface area (Å²) in [5.74, 6) is 0.371. The van der Waals surface area contributed by atoms with E-state index in [0.717, 1.165) is 63.7 Å². The number of unbranched alkanes of at least 4 members (excludes halogenated alkanes) is 8. The molecule has 2 heterocycles. The molecule has 2 saturated heterocycles. The maximum atomic E-state index is 12.0. The summed E-state index contributed by atoms with van der Waals surface area (Å²) in [6.07, 6.45) is 12.4. The minimum absolute atomic E-state index is 0.0644. The van der Waals surface area contributed by atoms with Gasteiger partial charge in [0.1, 0.15) is 0 Å². The number of carbonyl (C=O) groups excluding carboxylic acids is 2. The maximum absolute atomic E-state index is 12.0. The first-order chi connectivity index (χ1) is 14.8. The summed E-state index contributed by atoms with van der Waals surface area (Å²) < 4.78 is 0. The van der Waals surface area contributed by atoms with Gasteiger partial charge in [0.05, 0.1) is 11.1 Å². The van der Waals surface area contributed by atoms with Crippen molar-refractivity contribution in [3.8, 4) is 0 Å². The number of urea groups is 1. The van der Waals surface area contributed by atoms with E-state index in [2.05, 4.69) is 29.8 Å². The number of rotatable bonds is 16. The molecule has 0 saturated carbocycles. The summed E-state index contributed by atoms with van der Waals surface area (Å²) >= 11 is 1.92. The SMILES string of the molecule is C[C@]12CS[C@@H](CCCCC(=O)NCCCCCCCCCCC(=O)O)[C@@]1(C)NC(=O)N2. The Balaban J connectivity index is 1.42. The number of aliphatic carboxylic acids is 1. The van der Waals surface area contributed by atoms with E-state index in [0.29, 0.717) is 11.7 Å². The van der Waals surface area contributed by atoms with Gasteiger partial charge in [-0.2, -0.15) is 11.8 Å². The molecule has 3 atom stereocenters. The van der Waals surface area contributed by atoms with Crippen LogP contribution in [0.5, 0.6) is 0 Å². The highest BCUT2D eigenvalue weighted by Crippen LogP contribution is 2.47. The Hall–Kier alpha value is -1.44. The van der Waals surface area contributed by atoms with Gasteiger partial charge in [-0.25, -0.2) is 4.79 Å². The van der Waals surface area contributed by atoms with E-state index in [1.165, 1.54) is 19.3 Å². The van der Waals surface area contributed by atoms with Crippen LogP contribution in [0.25, 0.3) is 0 Å². The molecule has 0 spiro atoms. The fraction of sp³-hybridized carbons (Fsp3) is 0.870. The number of fused-ring (bicyclic) bond motifs is 1. The molecule has 0 unspecified atom stereocenters. The van der Waals surface area contributed by atoms with Gasteiger partial charge in [-0.05, 0) is 39.5 Å². The monoisotopic (exact) mass is 455 g/mol. The molecule has 2 aliphatic rings. The minimum atomic E-state index is -0.701. The van der Waals surface area contributed by atoms with Crippen molar-refractivity contribution in [2.75, 3.05) is 12.3 Å². The topological polar surface area (TPSA) is 108 Å². The third-order valence-electron chi connectivity index (χ3n) is 6.89. The lowest BCUT2D eigenvalue weighted by atomic mass is 9.79. The summed E-state index contributed by atoms with van der Waals surface area (Å²) in [6, 6.07) is -0.0644. The van der Waals surface area contributed by atoms with E-state index < -0.39 is 5.97 Å². The van der Waals surface area contributed by atoms with Gasteiger partial charge in [0.15, 0.2) is 0 Å². The molecule has 3 amide bonds. The lowest BCUT2D eigenvalue weighted by molar-refractivity contribution is -0.137. The Morgan fingerprint density at radius 2 is 1.58 bits per heavy atom. The molecule has 2 fully saturated rings. The fourth-order valence-corrected chi connectivity index (χ4v) is 6.50. The highest BCUT2D eigenvalue weighted by atomic mass is 32.2. The average Bonchev–Trinajstić information content (AvgIpc) is 3.07. The molecule has 0 aromatic rings. The zero-order chi connectivity index (χ0) is 22.7. The molecule has 0 aromatic heterocycles. The number of nitrogens with one attached hydrogen (secondary N) is 3. The van der Waals surface area contributed by atoms with E-state index in [9.17, 15) is 14.4 Å². The van der Waals surface area contributed by atoms with Crippen LogP contribution in [-0.4, -0.2) is 51.6 Å². The molecule has 8 heteroatoms. The van der Waals surface area contributed by atoms with Crippen LogP contribution in [0.2, 0.25) is 0 Å². The molecule has 0 aliphatic carbocycles. The van der Waals surface area contributed by atoms with Gasteiger partial charge in [-0.15, -0.1) is 0 Å². The maximum Gasteiger partial charge on any atom is 0.315 e. The van der Waals surface area contributed by atoms with Crippen molar-refractivity contribution in [1.29, 1.82) is 0 Å². The number of thioether (sulfide) groups is 1. The van der Waals surface area contributed by atoms with E-state index in [1.54, 1.807) is 0 Å². The summed E-state index contributed by atoms with van der Waals surface area (Å²) in [6.45, 7) is 5.01. The van der Waals surface area contributed by atoms with Crippen LogP contribution in [0.4, 0.5) is 4.79 Å². The van der Waals surface area contributed by atoms with E-state index in [-0.39, 0.29) is 29.4 Å². The second-order valence-corrected chi connectivity index (χ2v) is 10.7. The van der Waals surface area contributed by atoms with E-state index >= 15 is 0 Å². The third-order valence-corrected chi connectivity index (χ3v) is 8.74. The van der Waals surface area contributed by atoms with Crippen molar-refractivity contribution in [2.24, 2.45) is 0 Å². The van der Waals surface area contributed by atoms with Crippen molar-refractivity contribution in [2.45, 2.75) is 114 Å². The Kier molecular flexibility index (Phi) is 10.5. The highest BCUT2D eigenvalue weighted by molar-refractivity contribution is 8.00. The first kappa shape index (κ1) is 25.8. The molecule has 0 aromatic carbocycles. The quantitative estimate of drug-likeness (QED) is 0.206. The standard InChI is InChI=1S/C23H41N3O4S/c1-22-17-31-18(23(22,2)26-21(30)25-22)13-10-11-14-19(27)24-16-12-8-6-4-3-5-7-9-15-20(28)29/h18H,3-17H2,1-2H3,(H,24,27)(H,28,29)(H2,25,26,30)/t18-,22-,23+/m0/s1. The second kappa shape index (κ2) is 12.6. The zero-order valence-electron chi connectivity index (χ0n) is 19.3. The number of hydrogen-bond donors (Lipinski definition) is 4. The van der Waals surface area contributed by atoms with Crippen LogP contribution >= 0.6 is 11.8 Å². The largest absolute Gasteiger partial charge is 0.481 e. The molecule has 2 rings (SSSR count). The van der Waals surface area contributed by atoms with Crippen LogP contribution in [0, 0.1) is 0 Å². The molecule has 178 valence electrons.